The second-order valence-electron chi connectivity index (χ2n) is 8.78. The molecule has 2 saturated heterocycles. The summed E-state index contributed by atoms with van der Waals surface area (Å²) in [6, 6.07) is 22.8. The van der Waals surface area contributed by atoms with Crippen LogP contribution in [0.25, 0.3) is 0 Å². The highest BCUT2D eigenvalue weighted by molar-refractivity contribution is 9.10. The van der Waals surface area contributed by atoms with Gasteiger partial charge in [0.15, 0.2) is 0 Å². The average molecular weight is 516 g/mol. The van der Waals surface area contributed by atoms with Gasteiger partial charge in [0.25, 0.3) is 0 Å². The molecule has 3 aromatic carbocycles. The molecule has 3 aromatic rings. The highest BCUT2D eigenvalue weighted by Gasteiger charge is 2.74. The number of benzene rings is 3. The number of hydrogen-bond donors (Lipinski definition) is 0. The maximum absolute atomic E-state index is 13.7. The summed E-state index contributed by atoms with van der Waals surface area (Å²) in [7, 11) is 0. The van der Waals surface area contributed by atoms with Crippen LogP contribution >= 0.6 is 15.9 Å². The summed E-state index contributed by atoms with van der Waals surface area (Å²) in [6.07, 6.45) is -0.905. The third kappa shape index (κ3) is 2.77. The van der Waals surface area contributed by atoms with Gasteiger partial charge < -0.3 is 4.74 Å². The number of carbonyl (C=O) groups excluding carboxylic acids is 4. The predicted octanol–water partition coefficient (Wildman–Crippen LogP) is 4.14. The molecule has 0 bridgehead atoms. The Hall–Kier alpha value is -3.42. The van der Waals surface area contributed by atoms with Crippen molar-refractivity contribution in [3.63, 3.8) is 0 Å². The molecular weight excluding hydrogens is 498 g/mol. The standard InChI is InChI=1S/C27H18BrNO5/c28-17-12-10-16(11-13-17)22-20-21(26(33)29(25(20)32)14-15-6-2-1-3-7-15)27(34-22)23(30)18-8-4-5-9-19(18)24(27)31/h1-13,20-22H,14H2/t20-,21-,22+/m0/s1. The number of ether oxygens (including phenoxy) is 1. The monoisotopic (exact) mass is 515 g/mol. The first kappa shape index (κ1) is 21.1. The zero-order chi connectivity index (χ0) is 23.6. The van der Waals surface area contributed by atoms with Crippen molar-refractivity contribution in [1.29, 1.82) is 0 Å². The third-order valence-corrected chi connectivity index (χ3v) is 7.52. The van der Waals surface area contributed by atoms with Crippen LogP contribution < -0.4 is 0 Å². The first-order valence-electron chi connectivity index (χ1n) is 10.9. The van der Waals surface area contributed by atoms with Gasteiger partial charge in [0.1, 0.15) is 0 Å². The van der Waals surface area contributed by atoms with Crippen LogP contribution in [0.2, 0.25) is 0 Å². The van der Waals surface area contributed by atoms with Crippen molar-refractivity contribution in [2.75, 3.05) is 0 Å². The number of halogens is 1. The highest BCUT2D eigenvalue weighted by atomic mass is 79.9. The minimum Gasteiger partial charge on any atom is -0.349 e. The molecule has 3 aliphatic rings. The smallest absolute Gasteiger partial charge is 0.237 e. The van der Waals surface area contributed by atoms with Gasteiger partial charge in [0.2, 0.25) is 29.0 Å². The van der Waals surface area contributed by atoms with Gasteiger partial charge in [-0.15, -0.1) is 0 Å². The number of nitrogens with zero attached hydrogens (tertiary/aromatic N) is 1. The van der Waals surface area contributed by atoms with Crippen LogP contribution in [0.4, 0.5) is 0 Å². The van der Waals surface area contributed by atoms with E-state index in [4.69, 9.17) is 4.74 Å². The molecule has 2 aliphatic heterocycles. The number of carbonyl (C=O) groups is 4. The van der Waals surface area contributed by atoms with E-state index in [2.05, 4.69) is 15.9 Å². The summed E-state index contributed by atoms with van der Waals surface area (Å²) in [5, 5.41) is 0. The van der Waals surface area contributed by atoms with Crippen LogP contribution in [0.1, 0.15) is 37.9 Å². The number of Topliss-reactive ketones (excluding diaryl/α,β-unsaturated/α-hetero) is 2. The number of hydrogen-bond acceptors (Lipinski definition) is 5. The van der Waals surface area contributed by atoms with E-state index in [1.807, 2.05) is 30.3 Å². The zero-order valence-electron chi connectivity index (χ0n) is 17.8. The van der Waals surface area contributed by atoms with E-state index in [0.29, 0.717) is 5.56 Å². The number of fused-ring (bicyclic) bond motifs is 3. The highest BCUT2D eigenvalue weighted by Crippen LogP contribution is 2.57. The molecule has 3 atom stereocenters. The van der Waals surface area contributed by atoms with Crippen molar-refractivity contribution in [3.05, 3.63) is 106 Å². The lowest BCUT2D eigenvalue weighted by Crippen LogP contribution is -2.50. The second-order valence-corrected chi connectivity index (χ2v) is 9.70. The van der Waals surface area contributed by atoms with Gasteiger partial charge in [-0.05, 0) is 23.3 Å². The van der Waals surface area contributed by atoms with E-state index in [-0.39, 0.29) is 17.7 Å². The Balaban J connectivity index is 1.49. The second kappa shape index (κ2) is 7.55. The Morgan fingerprint density at radius 1 is 0.765 bits per heavy atom. The Morgan fingerprint density at radius 2 is 1.35 bits per heavy atom. The van der Waals surface area contributed by atoms with Gasteiger partial charge in [-0.2, -0.15) is 0 Å². The van der Waals surface area contributed by atoms with Crippen LogP contribution in [0.15, 0.2) is 83.3 Å². The van der Waals surface area contributed by atoms with Crippen LogP contribution in [-0.2, 0) is 20.9 Å². The molecule has 6 nitrogen and oxygen atoms in total. The van der Waals surface area contributed by atoms with Gasteiger partial charge in [0.05, 0.1) is 24.5 Å². The first-order chi connectivity index (χ1) is 16.4. The van der Waals surface area contributed by atoms with Gasteiger partial charge in [-0.1, -0.05) is 82.7 Å². The van der Waals surface area contributed by atoms with Crippen LogP contribution in [0.3, 0.4) is 0 Å². The lowest BCUT2D eigenvalue weighted by atomic mass is 9.77. The fourth-order valence-electron chi connectivity index (χ4n) is 5.45. The fourth-order valence-corrected chi connectivity index (χ4v) is 5.72. The first-order valence-corrected chi connectivity index (χ1v) is 11.7. The third-order valence-electron chi connectivity index (χ3n) is 6.99. The molecule has 2 fully saturated rings. The van der Waals surface area contributed by atoms with Crippen molar-refractivity contribution in [2.45, 2.75) is 18.2 Å². The van der Waals surface area contributed by atoms with Crippen LogP contribution in [0, 0.1) is 11.8 Å². The molecule has 1 spiro atoms. The van der Waals surface area contributed by atoms with Crippen LogP contribution in [-0.4, -0.2) is 33.9 Å². The lowest BCUT2D eigenvalue weighted by molar-refractivity contribution is -0.145. The predicted molar refractivity (Wildman–Crippen MR) is 125 cm³/mol. The average Bonchev–Trinajstić information content (AvgIpc) is 3.41. The van der Waals surface area contributed by atoms with E-state index < -0.39 is 46.9 Å². The molecule has 0 saturated carbocycles. The number of ketones is 2. The topological polar surface area (TPSA) is 80.8 Å². The van der Waals surface area contributed by atoms with Crippen molar-refractivity contribution in [1.82, 2.24) is 4.90 Å². The Kier molecular flexibility index (Phi) is 4.69. The van der Waals surface area contributed by atoms with Gasteiger partial charge in [-0.3, -0.25) is 24.1 Å². The molecule has 0 N–H and O–H groups in total. The molecule has 7 heteroatoms. The molecule has 168 valence electrons. The molecule has 0 radical (unpaired) electrons. The zero-order valence-corrected chi connectivity index (χ0v) is 19.4. The molecule has 0 unspecified atom stereocenters. The summed E-state index contributed by atoms with van der Waals surface area (Å²) in [6.45, 7) is 0.0734. The van der Waals surface area contributed by atoms with Crippen LogP contribution in [0.5, 0.6) is 0 Å². The Bertz CT molecular complexity index is 1330. The lowest BCUT2D eigenvalue weighted by Gasteiger charge is -2.27. The molecule has 1 aliphatic carbocycles. The Labute approximate surface area is 203 Å². The molecule has 34 heavy (non-hydrogen) atoms. The van der Waals surface area contributed by atoms with Gasteiger partial charge >= 0.3 is 0 Å². The Morgan fingerprint density at radius 3 is 1.97 bits per heavy atom. The minimum atomic E-state index is -2.04. The number of imide groups is 1. The van der Waals surface area contributed by atoms with Crippen molar-refractivity contribution >= 4 is 39.3 Å². The quantitative estimate of drug-likeness (QED) is 0.386. The molecule has 6 rings (SSSR count). The largest absolute Gasteiger partial charge is 0.349 e. The number of amides is 2. The summed E-state index contributed by atoms with van der Waals surface area (Å²) < 4.78 is 7.10. The molecule has 0 aromatic heterocycles. The molecular formula is C27H18BrNO5. The van der Waals surface area contributed by atoms with E-state index in [9.17, 15) is 19.2 Å². The number of rotatable bonds is 3. The van der Waals surface area contributed by atoms with E-state index in [1.54, 1.807) is 48.5 Å². The maximum atomic E-state index is 13.7. The normalized spacial score (nSPS) is 24.7. The molecule has 2 heterocycles. The van der Waals surface area contributed by atoms with Gasteiger partial charge in [-0.25, -0.2) is 0 Å². The van der Waals surface area contributed by atoms with Crippen molar-refractivity contribution in [3.8, 4) is 0 Å². The summed E-state index contributed by atoms with van der Waals surface area (Å²) in [5.41, 5.74) is -0.167. The van der Waals surface area contributed by atoms with E-state index in [0.717, 1.165) is 10.0 Å². The summed E-state index contributed by atoms with van der Waals surface area (Å²) in [5.74, 6) is -4.27. The van der Waals surface area contributed by atoms with E-state index >= 15 is 0 Å². The number of likely N-dealkylation sites (tertiary alicyclic amines) is 1. The minimum absolute atomic E-state index is 0.0734. The SMILES string of the molecule is O=C1[C@@H]2[C@@H](c3ccc(Br)cc3)OC3(C(=O)c4ccccc4C3=O)[C@@H]2C(=O)N1Cc1ccccc1. The fraction of sp³-hybridized carbons (Fsp3) is 0.185. The molecule has 2 amide bonds. The summed E-state index contributed by atoms with van der Waals surface area (Å²) >= 11 is 3.40. The summed E-state index contributed by atoms with van der Waals surface area (Å²) in [4.78, 5) is 56.0. The van der Waals surface area contributed by atoms with Crippen molar-refractivity contribution < 1.29 is 23.9 Å². The van der Waals surface area contributed by atoms with Crippen molar-refractivity contribution in [2.24, 2.45) is 11.8 Å². The maximum Gasteiger partial charge on any atom is 0.237 e. The van der Waals surface area contributed by atoms with E-state index in [1.165, 1.54) is 4.90 Å². The van der Waals surface area contributed by atoms with Gasteiger partial charge in [0, 0.05) is 15.6 Å².